The van der Waals surface area contributed by atoms with Crippen molar-refractivity contribution in [1.82, 2.24) is 9.84 Å². The quantitative estimate of drug-likeness (QED) is 0.820. The first-order chi connectivity index (χ1) is 9.94. The zero-order chi connectivity index (χ0) is 15.5. The molecule has 1 aliphatic rings. The van der Waals surface area contributed by atoms with E-state index in [4.69, 9.17) is 9.84 Å². The second-order valence-corrected chi connectivity index (χ2v) is 6.33. The highest BCUT2D eigenvalue weighted by Gasteiger charge is 2.22. The molecule has 0 atom stereocenters. The molecule has 1 aromatic carbocycles. The highest BCUT2D eigenvalue weighted by atomic mass is 32.2. The van der Waals surface area contributed by atoms with Gasteiger partial charge in [-0.25, -0.2) is 18.2 Å². The van der Waals surface area contributed by atoms with Crippen molar-refractivity contribution in [3.05, 3.63) is 29.3 Å². The molecule has 2 rings (SSSR count). The molecule has 0 amide bonds. The lowest BCUT2D eigenvalue weighted by Gasteiger charge is -2.26. The van der Waals surface area contributed by atoms with Gasteiger partial charge < -0.3 is 9.84 Å². The maximum Gasteiger partial charge on any atom is 0.336 e. The fourth-order valence-electron chi connectivity index (χ4n) is 2.11. The second kappa shape index (κ2) is 6.52. The van der Waals surface area contributed by atoms with E-state index in [1.807, 2.05) is 6.92 Å². The Kier molecular flexibility index (Phi) is 4.94. The Labute approximate surface area is 123 Å². The van der Waals surface area contributed by atoms with E-state index in [1.165, 1.54) is 18.2 Å². The molecule has 1 heterocycles. The molecule has 0 aromatic heterocycles. The summed E-state index contributed by atoms with van der Waals surface area (Å²) in [6.45, 7) is 3.65. The number of hydrogen-bond acceptors (Lipinski definition) is 5. The van der Waals surface area contributed by atoms with E-state index in [-0.39, 0.29) is 10.5 Å². The molecule has 0 radical (unpaired) electrons. The van der Waals surface area contributed by atoms with Crippen LogP contribution in [0.4, 0.5) is 0 Å². The van der Waals surface area contributed by atoms with Gasteiger partial charge in [0.1, 0.15) is 0 Å². The second-order valence-electron chi connectivity index (χ2n) is 4.67. The van der Waals surface area contributed by atoms with Crippen molar-refractivity contribution in [3.8, 4) is 0 Å². The normalized spacial score (nSPS) is 16.8. The summed E-state index contributed by atoms with van der Waals surface area (Å²) in [4.78, 5) is 13.6. The number of sulfonamides is 1. The minimum atomic E-state index is -3.78. The number of carbonyl (C=O) groups is 1. The minimum Gasteiger partial charge on any atom is -0.478 e. The number of benzene rings is 1. The summed E-state index contributed by atoms with van der Waals surface area (Å²) in [5.74, 6) is -1.13. The number of aryl methyl sites for hydroxylation is 1. The van der Waals surface area contributed by atoms with Crippen molar-refractivity contribution >= 4 is 16.0 Å². The molecule has 8 heteroatoms. The highest BCUT2D eigenvalue weighted by molar-refractivity contribution is 7.89. The van der Waals surface area contributed by atoms with E-state index in [0.717, 1.165) is 0 Å². The van der Waals surface area contributed by atoms with E-state index >= 15 is 0 Å². The Balaban J connectivity index is 2.27. The van der Waals surface area contributed by atoms with Crippen molar-refractivity contribution in [2.45, 2.75) is 18.2 Å². The summed E-state index contributed by atoms with van der Waals surface area (Å²) in [7, 11) is -3.78. The van der Waals surface area contributed by atoms with Crippen LogP contribution in [-0.2, 0) is 21.2 Å². The van der Waals surface area contributed by atoms with Crippen LogP contribution in [0.3, 0.4) is 0 Å². The SMILES string of the molecule is CCc1ccc(S(=O)(=O)NN2CCOCC2)cc1C(=O)O. The van der Waals surface area contributed by atoms with Gasteiger partial charge in [0.05, 0.1) is 23.7 Å². The van der Waals surface area contributed by atoms with Gasteiger partial charge in [0.2, 0.25) is 0 Å². The zero-order valence-electron chi connectivity index (χ0n) is 11.7. The van der Waals surface area contributed by atoms with Crippen LogP contribution in [0.15, 0.2) is 23.1 Å². The fraction of sp³-hybridized carbons (Fsp3) is 0.462. The summed E-state index contributed by atoms with van der Waals surface area (Å²) in [6.07, 6.45) is 0.527. The van der Waals surface area contributed by atoms with Crippen LogP contribution < -0.4 is 4.83 Å². The summed E-state index contributed by atoms with van der Waals surface area (Å²) >= 11 is 0. The first-order valence-electron chi connectivity index (χ1n) is 6.65. The number of hydrazine groups is 1. The first kappa shape index (κ1) is 15.9. The molecule has 21 heavy (non-hydrogen) atoms. The zero-order valence-corrected chi connectivity index (χ0v) is 12.5. The van der Waals surface area contributed by atoms with E-state index in [9.17, 15) is 13.2 Å². The van der Waals surface area contributed by atoms with Crippen molar-refractivity contribution in [2.24, 2.45) is 0 Å². The molecule has 1 aliphatic heterocycles. The van der Waals surface area contributed by atoms with Crippen LogP contribution in [-0.4, -0.2) is 50.8 Å². The van der Waals surface area contributed by atoms with Gasteiger partial charge in [-0.05, 0) is 24.1 Å². The standard InChI is InChI=1S/C13H18N2O5S/c1-2-10-3-4-11(9-12(10)13(16)17)21(18,19)14-15-5-7-20-8-6-15/h3-4,9,14H,2,5-8H2,1H3,(H,16,17). The molecular weight excluding hydrogens is 296 g/mol. The largest absolute Gasteiger partial charge is 0.478 e. The molecule has 1 fully saturated rings. The lowest BCUT2D eigenvalue weighted by atomic mass is 10.1. The summed E-state index contributed by atoms with van der Waals surface area (Å²) in [5, 5.41) is 10.7. The lowest BCUT2D eigenvalue weighted by molar-refractivity contribution is 0.0272. The third-order valence-electron chi connectivity index (χ3n) is 3.26. The number of carboxylic acid groups (broad SMARTS) is 1. The van der Waals surface area contributed by atoms with Crippen LogP contribution in [0.5, 0.6) is 0 Å². The molecule has 1 saturated heterocycles. The predicted molar refractivity (Wildman–Crippen MR) is 75.5 cm³/mol. The topological polar surface area (TPSA) is 95.9 Å². The van der Waals surface area contributed by atoms with Gasteiger partial charge in [-0.2, -0.15) is 0 Å². The molecule has 0 saturated carbocycles. The number of ether oxygens (including phenoxy) is 1. The Morgan fingerprint density at radius 2 is 2.05 bits per heavy atom. The number of aromatic carboxylic acids is 1. The van der Waals surface area contributed by atoms with Crippen molar-refractivity contribution < 1.29 is 23.1 Å². The minimum absolute atomic E-state index is 0.0161. The Morgan fingerprint density at radius 3 is 2.62 bits per heavy atom. The van der Waals surface area contributed by atoms with Crippen LogP contribution in [0.2, 0.25) is 0 Å². The Morgan fingerprint density at radius 1 is 1.38 bits per heavy atom. The number of nitrogens with one attached hydrogen (secondary N) is 1. The Bertz CT molecular complexity index is 623. The Hall–Kier alpha value is -1.48. The number of hydrogen-bond donors (Lipinski definition) is 2. The van der Waals surface area contributed by atoms with E-state index in [1.54, 1.807) is 5.01 Å². The van der Waals surface area contributed by atoms with E-state index < -0.39 is 16.0 Å². The first-order valence-corrected chi connectivity index (χ1v) is 8.13. The molecule has 7 nitrogen and oxygen atoms in total. The van der Waals surface area contributed by atoms with Crippen molar-refractivity contribution in [1.29, 1.82) is 0 Å². The van der Waals surface area contributed by atoms with E-state index in [2.05, 4.69) is 4.83 Å². The maximum absolute atomic E-state index is 12.3. The average molecular weight is 314 g/mol. The monoisotopic (exact) mass is 314 g/mol. The third kappa shape index (κ3) is 3.79. The molecule has 0 spiro atoms. The van der Waals surface area contributed by atoms with Crippen LogP contribution >= 0.6 is 0 Å². The molecule has 0 bridgehead atoms. The van der Waals surface area contributed by atoms with Gasteiger partial charge in [0.15, 0.2) is 0 Å². The summed E-state index contributed by atoms with van der Waals surface area (Å²) in [6, 6.07) is 4.16. The number of rotatable bonds is 5. The van der Waals surface area contributed by atoms with Gasteiger partial charge in [-0.3, -0.25) is 0 Å². The average Bonchev–Trinajstić information content (AvgIpc) is 2.47. The number of nitrogens with zero attached hydrogens (tertiary/aromatic N) is 1. The molecular formula is C13H18N2O5S. The fourth-order valence-corrected chi connectivity index (χ4v) is 3.26. The maximum atomic E-state index is 12.3. The van der Waals surface area contributed by atoms with Gasteiger partial charge in [0.25, 0.3) is 10.0 Å². The summed E-state index contributed by atoms with van der Waals surface area (Å²) in [5.41, 5.74) is 0.621. The molecule has 0 aliphatic carbocycles. The summed E-state index contributed by atoms with van der Waals surface area (Å²) < 4.78 is 29.7. The van der Waals surface area contributed by atoms with Gasteiger partial charge in [0, 0.05) is 13.1 Å². The van der Waals surface area contributed by atoms with Gasteiger partial charge in [-0.15, -0.1) is 4.83 Å². The van der Waals surface area contributed by atoms with Crippen LogP contribution in [0.1, 0.15) is 22.8 Å². The van der Waals surface area contributed by atoms with Crippen LogP contribution in [0, 0.1) is 0 Å². The van der Waals surface area contributed by atoms with Crippen molar-refractivity contribution in [3.63, 3.8) is 0 Å². The van der Waals surface area contributed by atoms with E-state index in [0.29, 0.717) is 38.3 Å². The van der Waals surface area contributed by atoms with Crippen molar-refractivity contribution in [2.75, 3.05) is 26.3 Å². The number of morpholine rings is 1. The molecule has 1 aromatic rings. The van der Waals surface area contributed by atoms with Gasteiger partial charge >= 0.3 is 5.97 Å². The molecule has 2 N–H and O–H groups in total. The predicted octanol–water partition coefficient (Wildman–Crippen LogP) is 0.473. The number of carboxylic acids is 1. The van der Waals surface area contributed by atoms with Crippen LogP contribution in [0.25, 0.3) is 0 Å². The molecule has 0 unspecified atom stereocenters. The smallest absolute Gasteiger partial charge is 0.336 e. The van der Waals surface area contributed by atoms with Gasteiger partial charge in [-0.1, -0.05) is 13.0 Å². The molecule has 116 valence electrons. The third-order valence-corrected chi connectivity index (χ3v) is 4.64. The lowest BCUT2D eigenvalue weighted by Crippen LogP contribution is -2.48. The highest BCUT2D eigenvalue weighted by Crippen LogP contribution is 2.17.